The van der Waals surface area contributed by atoms with Crippen LogP contribution in [0.1, 0.15) is 61.6 Å². The van der Waals surface area contributed by atoms with Gasteiger partial charge in [0, 0.05) is 17.4 Å². The van der Waals surface area contributed by atoms with E-state index in [2.05, 4.69) is 6.07 Å². The van der Waals surface area contributed by atoms with Crippen LogP contribution in [0.3, 0.4) is 0 Å². The second-order valence-corrected chi connectivity index (χ2v) is 10.8. The van der Waals surface area contributed by atoms with Crippen LogP contribution in [0.15, 0.2) is 42.5 Å². The van der Waals surface area contributed by atoms with Crippen LogP contribution < -0.4 is 4.74 Å². The molecular weight excluding hydrogens is 445 g/mol. The average Bonchev–Trinajstić information content (AvgIpc) is 3.32. The van der Waals surface area contributed by atoms with Gasteiger partial charge in [0.1, 0.15) is 11.6 Å². The summed E-state index contributed by atoms with van der Waals surface area (Å²) in [6.45, 7) is 4.30. The summed E-state index contributed by atoms with van der Waals surface area (Å²) in [7, 11) is -3.68. The minimum absolute atomic E-state index is 0.0287. The SMILES string of the molecule is CC(C)Oc1ccc(C#N)cc1[C@H]1CO[C@]2(CC[C@H](OS(C)(=O)=O)[C@@H]2c2ccc(F)cc2)C1. The van der Waals surface area contributed by atoms with Crippen LogP contribution in [-0.4, -0.2) is 39.1 Å². The third kappa shape index (κ3) is 5.06. The van der Waals surface area contributed by atoms with Crippen molar-refractivity contribution < 1.29 is 26.5 Å². The smallest absolute Gasteiger partial charge is 0.264 e. The first-order valence-electron chi connectivity index (χ1n) is 11.1. The second-order valence-electron chi connectivity index (χ2n) is 9.21. The molecule has 6 nitrogen and oxygen atoms in total. The van der Waals surface area contributed by atoms with Gasteiger partial charge in [0.15, 0.2) is 0 Å². The zero-order valence-corrected chi connectivity index (χ0v) is 19.8. The Bertz CT molecular complexity index is 1160. The number of hydrogen-bond acceptors (Lipinski definition) is 6. The first kappa shape index (κ1) is 23.7. The normalized spacial score (nSPS) is 27.2. The third-order valence-electron chi connectivity index (χ3n) is 6.42. The second kappa shape index (κ2) is 9.05. The fourth-order valence-electron chi connectivity index (χ4n) is 5.25. The Labute approximate surface area is 194 Å². The van der Waals surface area contributed by atoms with E-state index >= 15 is 0 Å². The van der Waals surface area contributed by atoms with Crippen molar-refractivity contribution in [2.75, 3.05) is 12.9 Å². The summed E-state index contributed by atoms with van der Waals surface area (Å²) in [5, 5.41) is 9.41. The molecule has 1 heterocycles. The van der Waals surface area contributed by atoms with Crippen molar-refractivity contribution in [1.29, 1.82) is 5.26 Å². The summed E-state index contributed by atoms with van der Waals surface area (Å²) >= 11 is 0. The summed E-state index contributed by atoms with van der Waals surface area (Å²) < 4.78 is 55.4. The van der Waals surface area contributed by atoms with E-state index in [1.807, 2.05) is 26.0 Å². The van der Waals surface area contributed by atoms with Crippen molar-refractivity contribution in [2.45, 2.75) is 62.8 Å². The third-order valence-corrected chi connectivity index (χ3v) is 7.02. The van der Waals surface area contributed by atoms with Gasteiger partial charge >= 0.3 is 0 Å². The van der Waals surface area contributed by atoms with Crippen molar-refractivity contribution >= 4 is 10.1 Å². The largest absolute Gasteiger partial charge is 0.491 e. The Morgan fingerprint density at radius 3 is 2.58 bits per heavy atom. The molecular formula is C25H28FNO5S. The Hall–Kier alpha value is -2.47. The average molecular weight is 474 g/mol. The number of nitrogens with zero attached hydrogens (tertiary/aromatic N) is 1. The van der Waals surface area contributed by atoms with Crippen LogP contribution in [0.25, 0.3) is 0 Å². The van der Waals surface area contributed by atoms with E-state index in [9.17, 15) is 18.1 Å². The standard InChI is InChI=1S/C25H28FNO5S/c1-16(2)31-22-9-4-17(14-27)12-21(22)19-13-25(30-15-19)11-10-23(32-33(3,28)29)24(25)18-5-7-20(26)8-6-18/h4-9,12,16,19,23-24H,10-11,13,15H2,1-3H3/t19-,23+,24+,25-/m1/s1. The topological polar surface area (TPSA) is 85.6 Å². The van der Waals surface area contributed by atoms with Gasteiger partial charge in [-0.15, -0.1) is 0 Å². The molecule has 0 bridgehead atoms. The van der Waals surface area contributed by atoms with E-state index < -0.39 is 21.8 Å². The molecule has 1 saturated heterocycles. The Morgan fingerprint density at radius 2 is 1.94 bits per heavy atom. The highest BCUT2D eigenvalue weighted by Crippen LogP contribution is 2.55. The van der Waals surface area contributed by atoms with Gasteiger partial charge < -0.3 is 9.47 Å². The number of ether oxygens (including phenoxy) is 2. The summed E-state index contributed by atoms with van der Waals surface area (Å²) in [6, 6.07) is 13.7. The maximum absolute atomic E-state index is 13.6. The van der Waals surface area contributed by atoms with Crippen molar-refractivity contribution in [1.82, 2.24) is 0 Å². The maximum Gasteiger partial charge on any atom is 0.264 e. The first-order valence-corrected chi connectivity index (χ1v) is 12.9. The lowest BCUT2D eigenvalue weighted by molar-refractivity contribution is -0.0154. The number of nitriles is 1. The molecule has 8 heteroatoms. The van der Waals surface area contributed by atoms with Gasteiger partial charge in [0.2, 0.25) is 0 Å². The van der Waals surface area contributed by atoms with E-state index in [0.717, 1.165) is 23.1 Å². The van der Waals surface area contributed by atoms with Crippen LogP contribution in [0.2, 0.25) is 0 Å². The van der Waals surface area contributed by atoms with E-state index in [1.165, 1.54) is 12.1 Å². The fraction of sp³-hybridized carbons (Fsp3) is 0.480. The molecule has 2 aromatic carbocycles. The molecule has 0 radical (unpaired) electrons. The summed E-state index contributed by atoms with van der Waals surface area (Å²) in [4.78, 5) is 0. The molecule has 4 atom stereocenters. The molecule has 1 saturated carbocycles. The van der Waals surface area contributed by atoms with E-state index in [0.29, 0.717) is 31.4 Å². The molecule has 0 amide bonds. The molecule has 4 rings (SSSR count). The quantitative estimate of drug-likeness (QED) is 0.568. The molecule has 0 aromatic heterocycles. The first-order chi connectivity index (χ1) is 15.6. The van der Waals surface area contributed by atoms with Crippen LogP contribution in [-0.2, 0) is 19.0 Å². The zero-order chi connectivity index (χ0) is 23.8. The Balaban J connectivity index is 1.70. The summed E-state index contributed by atoms with van der Waals surface area (Å²) in [5.74, 6) is -0.0475. The number of rotatable bonds is 6. The predicted octanol–water partition coefficient (Wildman–Crippen LogP) is 4.65. The van der Waals surface area contributed by atoms with Gasteiger partial charge in [-0.3, -0.25) is 4.18 Å². The lowest BCUT2D eigenvalue weighted by Crippen LogP contribution is -2.36. The van der Waals surface area contributed by atoms with Gasteiger partial charge in [-0.05, 0) is 69.0 Å². The minimum atomic E-state index is -3.68. The highest BCUT2D eigenvalue weighted by Gasteiger charge is 2.56. The number of hydrogen-bond donors (Lipinski definition) is 0. The minimum Gasteiger partial charge on any atom is -0.491 e. The van der Waals surface area contributed by atoms with Crippen molar-refractivity contribution in [3.05, 3.63) is 65.0 Å². The molecule has 2 aromatic rings. The van der Waals surface area contributed by atoms with Gasteiger partial charge in [0.25, 0.3) is 10.1 Å². The molecule has 1 aliphatic heterocycles. The number of benzene rings is 2. The van der Waals surface area contributed by atoms with Gasteiger partial charge in [-0.1, -0.05) is 12.1 Å². The summed E-state index contributed by atoms with van der Waals surface area (Å²) in [5.41, 5.74) is 1.58. The predicted molar refractivity (Wildman–Crippen MR) is 121 cm³/mol. The van der Waals surface area contributed by atoms with Crippen LogP contribution >= 0.6 is 0 Å². The van der Waals surface area contributed by atoms with Crippen LogP contribution in [0.5, 0.6) is 5.75 Å². The highest BCUT2D eigenvalue weighted by molar-refractivity contribution is 7.86. The molecule has 0 N–H and O–H groups in total. The molecule has 176 valence electrons. The lowest BCUT2D eigenvalue weighted by atomic mass is 9.78. The van der Waals surface area contributed by atoms with E-state index in [4.69, 9.17) is 13.7 Å². The van der Waals surface area contributed by atoms with Crippen molar-refractivity contribution in [3.8, 4) is 11.8 Å². The zero-order valence-electron chi connectivity index (χ0n) is 19.0. The number of halogens is 1. The molecule has 33 heavy (non-hydrogen) atoms. The fourth-order valence-corrected chi connectivity index (χ4v) is 5.91. The van der Waals surface area contributed by atoms with Gasteiger partial charge in [0.05, 0.1) is 42.3 Å². The summed E-state index contributed by atoms with van der Waals surface area (Å²) in [6.07, 6.45) is 2.16. The highest BCUT2D eigenvalue weighted by atomic mass is 32.2. The molecule has 2 fully saturated rings. The van der Waals surface area contributed by atoms with Crippen LogP contribution in [0, 0.1) is 17.1 Å². The molecule has 0 unspecified atom stereocenters. The maximum atomic E-state index is 13.6. The molecule has 2 aliphatic rings. The lowest BCUT2D eigenvalue weighted by Gasteiger charge is -2.33. The molecule has 1 aliphatic carbocycles. The molecule has 1 spiro atoms. The van der Waals surface area contributed by atoms with Crippen LogP contribution in [0.4, 0.5) is 4.39 Å². The monoisotopic (exact) mass is 473 g/mol. The van der Waals surface area contributed by atoms with Gasteiger partial charge in [-0.2, -0.15) is 13.7 Å². The van der Waals surface area contributed by atoms with E-state index in [1.54, 1.807) is 18.2 Å². The van der Waals surface area contributed by atoms with Gasteiger partial charge in [-0.25, -0.2) is 4.39 Å². The van der Waals surface area contributed by atoms with E-state index in [-0.39, 0.29) is 23.8 Å². The Morgan fingerprint density at radius 1 is 1.21 bits per heavy atom. The Kier molecular flexibility index (Phi) is 6.50. The van der Waals surface area contributed by atoms with Crippen molar-refractivity contribution in [3.63, 3.8) is 0 Å². The van der Waals surface area contributed by atoms with Crippen molar-refractivity contribution in [2.24, 2.45) is 0 Å².